The summed E-state index contributed by atoms with van der Waals surface area (Å²) < 4.78 is 16.4. The van der Waals surface area contributed by atoms with E-state index in [1.165, 1.54) is 0 Å². The van der Waals surface area contributed by atoms with Gasteiger partial charge < -0.3 is 23.9 Å². The van der Waals surface area contributed by atoms with Crippen molar-refractivity contribution in [3.63, 3.8) is 0 Å². The zero-order valence-corrected chi connectivity index (χ0v) is 21.9. The third-order valence-corrected chi connectivity index (χ3v) is 7.78. The van der Waals surface area contributed by atoms with E-state index in [1.54, 1.807) is 6.07 Å². The molecule has 200 valence electrons. The molecule has 3 heterocycles. The molecule has 3 amide bonds. The van der Waals surface area contributed by atoms with E-state index in [9.17, 15) is 24.5 Å². The SMILES string of the molecule is CCC/C(=C\c1ccc(CO)o1)CC[C@H]1OB(O)C[C@H]2C1=C(C(C)C)C[C@H]1C(=O)N(C(=O)OC)C(=O)[C@H]12. The number of rotatable bonds is 8. The van der Waals surface area contributed by atoms with Crippen molar-refractivity contribution in [2.45, 2.75) is 71.9 Å². The highest BCUT2D eigenvalue weighted by molar-refractivity contribution is 6.43. The molecule has 1 aromatic rings. The van der Waals surface area contributed by atoms with E-state index in [2.05, 4.69) is 20.8 Å². The van der Waals surface area contributed by atoms with Gasteiger partial charge in [-0.25, -0.2) is 4.79 Å². The van der Waals surface area contributed by atoms with E-state index in [-0.39, 0.29) is 24.8 Å². The fourth-order valence-corrected chi connectivity index (χ4v) is 6.19. The number of carbonyl (C=O) groups is 3. The maximum Gasteiger partial charge on any atom is 0.455 e. The summed E-state index contributed by atoms with van der Waals surface area (Å²) in [5.41, 5.74) is 3.22. The number of hydrogen-bond donors (Lipinski definition) is 2. The van der Waals surface area contributed by atoms with Crippen LogP contribution in [-0.4, -0.2) is 53.3 Å². The Labute approximate surface area is 217 Å². The Morgan fingerprint density at radius 1 is 1.24 bits per heavy atom. The molecular weight excluding hydrogens is 477 g/mol. The number of likely N-dealkylation sites (tertiary alicyclic amines) is 1. The number of allylic oxidation sites excluding steroid dienone is 2. The van der Waals surface area contributed by atoms with Gasteiger partial charge in [0, 0.05) is 0 Å². The van der Waals surface area contributed by atoms with E-state index in [0.29, 0.717) is 35.7 Å². The maximum absolute atomic E-state index is 13.3. The minimum Gasteiger partial charge on any atom is -0.459 e. The predicted molar refractivity (Wildman–Crippen MR) is 136 cm³/mol. The van der Waals surface area contributed by atoms with Crippen LogP contribution < -0.4 is 0 Å². The highest BCUT2D eigenvalue weighted by Gasteiger charge is 2.59. The van der Waals surface area contributed by atoms with Gasteiger partial charge in [-0.2, -0.15) is 4.90 Å². The summed E-state index contributed by atoms with van der Waals surface area (Å²) in [4.78, 5) is 39.3. The number of imide groups is 3. The summed E-state index contributed by atoms with van der Waals surface area (Å²) in [5, 5.41) is 20.0. The van der Waals surface area contributed by atoms with Crippen LogP contribution in [0.3, 0.4) is 0 Å². The first kappa shape index (κ1) is 27.4. The summed E-state index contributed by atoms with van der Waals surface area (Å²) in [7, 11) is 0.0774. The predicted octanol–water partition coefficient (Wildman–Crippen LogP) is 3.96. The highest BCUT2D eigenvalue weighted by Crippen LogP contribution is 2.52. The number of nitrogens with zero attached hydrogens (tertiary/aromatic N) is 1. The van der Waals surface area contributed by atoms with Crippen LogP contribution >= 0.6 is 0 Å². The molecule has 1 aliphatic carbocycles. The Morgan fingerprint density at radius 3 is 2.62 bits per heavy atom. The number of ether oxygens (including phenoxy) is 1. The first-order chi connectivity index (χ1) is 17.7. The van der Waals surface area contributed by atoms with Crippen LogP contribution in [0.15, 0.2) is 33.3 Å². The van der Waals surface area contributed by atoms with Crippen LogP contribution in [0.5, 0.6) is 0 Å². The maximum atomic E-state index is 13.3. The lowest BCUT2D eigenvalue weighted by atomic mass is 9.57. The number of carbonyl (C=O) groups excluding carboxylic acids is 3. The first-order valence-electron chi connectivity index (χ1n) is 13.1. The van der Waals surface area contributed by atoms with Gasteiger partial charge in [0.15, 0.2) is 0 Å². The van der Waals surface area contributed by atoms with Gasteiger partial charge in [0.25, 0.3) is 0 Å². The molecule has 1 aromatic heterocycles. The molecule has 4 rings (SSSR count). The van der Waals surface area contributed by atoms with Crippen LogP contribution in [0.4, 0.5) is 4.79 Å². The van der Waals surface area contributed by atoms with E-state index < -0.39 is 43.0 Å². The van der Waals surface area contributed by atoms with Gasteiger partial charge >= 0.3 is 13.2 Å². The second-order valence-corrected chi connectivity index (χ2v) is 10.4. The van der Waals surface area contributed by atoms with Crippen molar-refractivity contribution in [3.8, 4) is 0 Å². The fraction of sp³-hybridized carbons (Fsp3) is 0.593. The molecule has 0 spiro atoms. The van der Waals surface area contributed by atoms with Gasteiger partial charge in [-0.3, -0.25) is 9.59 Å². The molecule has 2 aliphatic heterocycles. The molecule has 10 heteroatoms. The van der Waals surface area contributed by atoms with Gasteiger partial charge in [-0.1, -0.05) is 38.3 Å². The third kappa shape index (κ3) is 5.33. The summed E-state index contributed by atoms with van der Waals surface area (Å²) in [5.74, 6) is -1.52. The Kier molecular flexibility index (Phi) is 8.41. The Morgan fingerprint density at radius 2 is 2.00 bits per heavy atom. The highest BCUT2D eigenvalue weighted by atomic mass is 16.5. The molecule has 0 unspecified atom stereocenters. The van der Waals surface area contributed by atoms with Gasteiger partial charge in [-0.05, 0) is 67.6 Å². The number of fused-ring (bicyclic) bond motifs is 3. The summed E-state index contributed by atoms with van der Waals surface area (Å²) in [6.45, 7) is 6.05. The fourth-order valence-electron chi connectivity index (χ4n) is 6.19. The van der Waals surface area contributed by atoms with Crippen LogP contribution in [0, 0.1) is 23.7 Å². The van der Waals surface area contributed by atoms with Crippen molar-refractivity contribution < 1.29 is 38.3 Å². The molecule has 2 N–H and O–H groups in total. The molecule has 37 heavy (non-hydrogen) atoms. The topological polar surface area (TPSA) is 127 Å². The summed E-state index contributed by atoms with van der Waals surface area (Å²) >= 11 is 0. The van der Waals surface area contributed by atoms with Crippen molar-refractivity contribution in [1.29, 1.82) is 0 Å². The molecule has 0 radical (unpaired) electrons. The number of amides is 3. The van der Waals surface area contributed by atoms with Gasteiger partial charge in [0.05, 0.1) is 25.0 Å². The number of methoxy groups -OCH3 is 1. The van der Waals surface area contributed by atoms with Crippen molar-refractivity contribution in [3.05, 3.63) is 40.4 Å². The second kappa shape index (κ2) is 11.4. The monoisotopic (exact) mass is 513 g/mol. The van der Waals surface area contributed by atoms with E-state index in [4.69, 9.17) is 13.8 Å². The quantitative estimate of drug-likeness (QED) is 0.304. The third-order valence-electron chi connectivity index (χ3n) is 7.78. The molecular formula is C27H36BNO8. The minimum absolute atomic E-state index is 0.112. The van der Waals surface area contributed by atoms with Crippen molar-refractivity contribution in [2.75, 3.05) is 7.11 Å². The normalized spacial score (nSPS) is 26.2. The Balaban J connectivity index is 1.63. The molecule has 2 saturated heterocycles. The molecule has 3 aliphatic rings. The smallest absolute Gasteiger partial charge is 0.455 e. The van der Waals surface area contributed by atoms with Crippen LogP contribution in [0.1, 0.15) is 64.4 Å². The van der Waals surface area contributed by atoms with E-state index in [1.807, 2.05) is 12.1 Å². The number of furan rings is 1. The average molecular weight is 513 g/mol. The van der Waals surface area contributed by atoms with Gasteiger partial charge in [0.1, 0.15) is 18.1 Å². The molecule has 0 bridgehead atoms. The van der Waals surface area contributed by atoms with E-state index >= 15 is 0 Å². The zero-order chi connectivity index (χ0) is 26.9. The molecule has 4 atom stereocenters. The standard InChI is InChI=1S/C27H36BNO8/c1-5-6-16(11-17-8-9-18(14-30)36-17)7-10-22-23-19(15(2)3)12-20-24(21(23)13-28(34)37-22)26(32)29(25(20)31)27(33)35-4/h8-9,11,15,20-22,24,30,34H,5-7,10,12-14H2,1-4H3/b16-11+/t20-,21+,22-,24-/m1/s1. The number of hydrogen-bond acceptors (Lipinski definition) is 8. The largest absolute Gasteiger partial charge is 0.459 e. The lowest BCUT2D eigenvalue weighted by Gasteiger charge is -2.44. The lowest BCUT2D eigenvalue weighted by molar-refractivity contribution is -0.137. The lowest BCUT2D eigenvalue weighted by Crippen LogP contribution is -2.46. The molecule has 0 aromatic carbocycles. The Hall–Kier alpha value is -2.69. The summed E-state index contributed by atoms with van der Waals surface area (Å²) in [6, 6.07) is 3.57. The molecule has 2 fully saturated rings. The van der Waals surface area contributed by atoms with E-state index in [0.717, 1.165) is 36.7 Å². The van der Waals surface area contributed by atoms with Gasteiger partial charge in [-0.15, -0.1) is 0 Å². The second-order valence-electron chi connectivity index (χ2n) is 10.4. The first-order valence-corrected chi connectivity index (χ1v) is 13.1. The molecule has 0 saturated carbocycles. The number of aliphatic hydroxyl groups excluding tert-OH is 1. The summed E-state index contributed by atoms with van der Waals surface area (Å²) in [6.07, 6.45) is 4.29. The van der Waals surface area contributed by atoms with Gasteiger partial charge in [0.2, 0.25) is 11.8 Å². The van der Waals surface area contributed by atoms with Crippen molar-refractivity contribution in [1.82, 2.24) is 4.90 Å². The zero-order valence-electron chi connectivity index (χ0n) is 21.9. The van der Waals surface area contributed by atoms with Crippen LogP contribution in [0.25, 0.3) is 6.08 Å². The average Bonchev–Trinajstić information content (AvgIpc) is 3.42. The molecule has 9 nitrogen and oxygen atoms in total. The van der Waals surface area contributed by atoms with Crippen molar-refractivity contribution in [2.24, 2.45) is 23.7 Å². The van der Waals surface area contributed by atoms with Crippen LogP contribution in [-0.2, 0) is 25.6 Å². The minimum atomic E-state index is -1.07. The van der Waals surface area contributed by atoms with Crippen LogP contribution in [0.2, 0.25) is 6.32 Å². The number of aliphatic hydroxyl groups is 1. The van der Waals surface area contributed by atoms with Crippen molar-refractivity contribution >= 4 is 31.1 Å². The Bertz CT molecular complexity index is 1110.